The summed E-state index contributed by atoms with van der Waals surface area (Å²) in [5.41, 5.74) is 2.05. The predicted molar refractivity (Wildman–Crippen MR) is 96.3 cm³/mol. The van der Waals surface area contributed by atoms with Crippen LogP contribution in [0.4, 0.5) is 0 Å². The fourth-order valence-electron chi connectivity index (χ4n) is 2.42. The Morgan fingerprint density at radius 1 is 1.08 bits per heavy atom. The number of hydrogen-bond acceptors (Lipinski definition) is 4. The molecule has 0 radical (unpaired) electrons. The first-order chi connectivity index (χ1) is 11.4. The van der Waals surface area contributed by atoms with Crippen LogP contribution in [-0.2, 0) is 22.0 Å². The molecule has 24 heavy (non-hydrogen) atoms. The molecule has 0 fully saturated rings. The molecule has 3 aromatic rings. The molecular formula is C17H15Cl2NO3S. The minimum absolute atomic E-state index is 0.0463. The van der Waals surface area contributed by atoms with Crippen molar-refractivity contribution >= 4 is 44.1 Å². The van der Waals surface area contributed by atoms with Crippen molar-refractivity contribution < 1.29 is 12.8 Å². The van der Waals surface area contributed by atoms with E-state index in [1.807, 2.05) is 24.3 Å². The van der Waals surface area contributed by atoms with Crippen LogP contribution in [0.3, 0.4) is 0 Å². The van der Waals surface area contributed by atoms with E-state index in [0.29, 0.717) is 39.9 Å². The quantitative estimate of drug-likeness (QED) is 0.619. The van der Waals surface area contributed by atoms with Crippen LogP contribution < -0.4 is 0 Å². The first kappa shape index (κ1) is 17.3. The van der Waals surface area contributed by atoms with Gasteiger partial charge in [0.1, 0.15) is 5.52 Å². The van der Waals surface area contributed by atoms with Crippen LogP contribution in [0.15, 0.2) is 46.9 Å². The van der Waals surface area contributed by atoms with Gasteiger partial charge >= 0.3 is 0 Å². The zero-order valence-corrected chi connectivity index (χ0v) is 15.0. The highest BCUT2D eigenvalue weighted by Gasteiger charge is 2.15. The largest absolute Gasteiger partial charge is 0.441 e. The number of oxazole rings is 1. The van der Waals surface area contributed by atoms with E-state index in [0.717, 1.165) is 5.52 Å². The first-order valence-corrected chi connectivity index (χ1v) is 9.99. The zero-order chi connectivity index (χ0) is 17.2. The Balaban J connectivity index is 1.60. The second kappa shape index (κ2) is 7.13. The number of rotatable bonds is 6. The molecule has 0 saturated carbocycles. The highest BCUT2D eigenvalue weighted by Crippen LogP contribution is 2.23. The summed E-state index contributed by atoms with van der Waals surface area (Å²) in [5, 5.41) is 0.849. The van der Waals surface area contributed by atoms with E-state index >= 15 is 0 Å². The van der Waals surface area contributed by atoms with Crippen molar-refractivity contribution in [2.24, 2.45) is 0 Å². The number of nitrogens with zero attached hydrogens (tertiary/aromatic N) is 1. The van der Waals surface area contributed by atoms with Crippen molar-refractivity contribution in [3.05, 3.63) is 64.0 Å². The maximum absolute atomic E-state index is 12.3. The van der Waals surface area contributed by atoms with Crippen molar-refractivity contribution in [1.29, 1.82) is 0 Å². The van der Waals surface area contributed by atoms with Crippen molar-refractivity contribution in [3.8, 4) is 0 Å². The van der Waals surface area contributed by atoms with Gasteiger partial charge in [0, 0.05) is 16.5 Å². The monoisotopic (exact) mass is 383 g/mol. The molecule has 0 unspecified atom stereocenters. The lowest BCUT2D eigenvalue weighted by molar-refractivity contribution is 0.523. The summed E-state index contributed by atoms with van der Waals surface area (Å²) in [7, 11) is -3.27. The molecule has 0 saturated heterocycles. The molecule has 1 heterocycles. The smallest absolute Gasteiger partial charge is 0.195 e. The SMILES string of the molecule is O=S(=O)(CCCc1nc2ccccc2o1)Cc1ccc(Cl)cc1Cl. The molecule has 0 bridgehead atoms. The molecule has 0 amide bonds. The molecule has 4 nitrogen and oxygen atoms in total. The van der Waals surface area contributed by atoms with Gasteiger partial charge in [-0.15, -0.1) is 0 Å². The van der Waals surface area contributed by atoms with Gasteiger partial charge < -0.3 is 4.42 Å². The lowest BCUT2D eigenvalue weighted by atomic mass is 10.2. The van der Waals surface area contributed by atoms with Gasteiger partial charge in [0.2, 0.25) is 0 Å². The van der Waals surface area contributed by atoms with Gasteiger partial charge in [0.05, 0.1) is 11.5 Å². The molecule has 7 heteroatoms. The molecule has 2 aromatic carbocycles. The van der Waals surface area contributed by atoms with Crippen molar-refractivity contribution in [3.63, 3.8) is 0 Å². The lowest BCUT2D eigenvalue weighted by Crippen LogP contribution is -2.10. The van der Waals surface area contributed by atoms with Crippen molar-refractivity contribution in [2.45, 2.75) is 18.6 Å². The van der Waals surface area contributed by atoms with Gasteiger partial charge in [0.25, 0.3) is 0 Å². The van der Waals surface area contributed by atoms with E-state index in [1.165, 1.54) is 0 Å². The predicted octanol–water partition coefficient (Wildman–Crippen LogP) is 4.68. The third kappa shape index (κ3) is 4.29. The minimum Gasteiger partial charge on any atom is -0.441 e. The minimum atomic E-state index is -3.27. The topological polar surface area (TPSA) is 60.2 Å². The van der Waals surface area contributed by atoms with Gasteiger partial charge in [-0.3, -0.25) is 0 Å². The molecule has 3 rings (SSSR count). The number of para-hydroxylation sites is 2. The van der Waals surface area contributed by atoms with Crippen LogP contribution in [-0.4, -0.2) is 19.2 Å². The Kier molecular flexibility index (Phi) is 5.13. The van der Waals surface area contributed by atoms with Crippen LogP contribution in [0.25, 0.3) is 11.1 Å². The molecule has 0 spiro atoms. The van der Waals surface area contributed by atoms with E-state index in [2.05, 4.69) is 4.98 Å². The molecule has 0 N–H and O–H groups in total. The molecule has 1 aromatic heterocycles. The van der Waals surface area contributed by atoms with Gasteiger partial charge in [-0.2, -0.15) is 0 Å². The molecule has 0 aliphatic carbocycles. The first-order valence-electron chi connectivity index (χ1n) is 7.42. The Hall–Kier alpha value is -1.56. The summed E-state index contributed by atoms with van der Waals surface area (Å²) in [4.78, 5) is 4.34. The molecule has 0 aliphatic rings. The fourth-order valence-corrected chi connectivity index (χ4v) is 4.43. The number of benzene rings is 2. The van der Waals surface area contributed by atoms with Crippen LogP contribution in [0.1, 0.15) is 17.9 Å². The second-order valence-corrected chi connectivity index (χ2v) is 8.53. The standard InChI is InChI=1S/C17H15Cl2NO3S/c18-13-8-7-12(14(19)10-13)11-24(21,22)9-3-6-17-20-15-4-1-2-5-16(15)23-17/h1-2,4-5,7-8,10H,3,6,9,11H2. The highest BCUT2D eigenvalue weighted by molar-refractivity contribution is 7.90. The third-order valence-electron chi connectivity index (χ3n) is 3.57. The number of aromatic nitrogens is 1. The Morgan fingerprint density at radius 2 is 1.88 bits per heavy atom. The van der Waals surface area contributed by atoms with Crippen LogP contribution in [0.5, 0.6) is 0 Å². The highest BCUT2D eigenvalue weighted by atomic mass is 35.5. The molecule has 126 valence electrons. The number of hydrogen-bond donors (Lipinski definition) is 0. The van der Waals surface area contributed by atoms with E-state index in [9.17, 15) is 8.42 Å². The number of aryl methyl sites for hydroxylation is 1. The Morgan fingerprint density at radius 3 is 2.62 bits per heavy atom. The third-order valence-corrected chi connectivity index (χ3v) is 5.82. The maximum atomic E-state index is 12.3. The van der Waals surface area contributed by atoms with Crippen molar-refractivity contribution in [2.75, 3.05) is 5.75 Å². The summed E-state index contributed by atoms with van der Waals surface area (Å²) >= 11 is 11.9. The van der Waals surface area contributed by atoms with E-state index in [4.69, 9.17) is 27.6 Å². The van der Waals surface area contributed by atoms with Gasteiger partial charge in [-0.05, 0) is 36.2 Å². The number of fused-ring (bicyclic) bond motifs is 1. The van der Waals surface area contributed by atoms with Crippen LogP contribution in [0.2, 0.25) is 10.0 Å². The van der Waals surface area contributed by atoms with Gasteiger partial charge in [-0.1, -0.05) is 41.4 Å². The van der Waals surface area contributed by atoms with Crippen LogP contribution in [0, 0.1) is 0 Å². The Bertz CT molecular complexity index is 934. The van der Waals surface area contributed by atoms with Gasteiger partial charge in [0.15, 0.2) is 21.3 Å². The van der Waals surface area contributed by atoms with E-state index < -0.39 is 9.84 Å². The number of sulfone groups is 1. The molecule has 0 aliphatic heterocycles. The average Bonchev–Trinajstić information content (AvgIpc) is 2.92. The second-order valence-electron chi connectivity index (χ2n) is 5.51. The lowest BCUT2D eigenvalue weighted by Gasteiger charge is -2.06. The fraction of sp³-hybridized carbons (Fsp3) is 0.235. The van der Waals surface area contributed by atoms with E-state index in [-0.39, 0.29) is 11.5 Å². The Labute approximate surface area is 150 Å². The summed E-state index contributed by atoms with van der Waals surface area (Å²) in [6.07, 6.45) is 0.919. The number of halogens is 2. The molecule has 0 atom stereocenters. The summed E-state index contributed by atoms with van der Waals surface area (Å²) in [6.45, 7) is 0. The van der Waals surface area contributed by atoms with Gasteiger partial charge in [-0.25, -0.2) is 13.4 Å². The summed E-state index contributed by atoms with van der Waals surface area (Å²) in [6, 6.07) is 12.3. The zero-order valence-electron chi connectivity index (χ0n) is 12.7. The van der Waals surface area contributed by atoms with E-state index in [1.54, 1.807) is 18.2 Å². The maximum Gasteiger partial charge on any atom is 0.195 e. The average molecular weight is 384 g/mol. The van der Waals surface area contributed by atoms with Crippen LogP contribution >= 0.6 is 23.2 Å². The van der Waals surface area contributed by atoms with Crippen molar-refractivity contribution in [1.82, 2.24) is 4.98 Å². The summed E-state index contributed by atoms with van der Waals surface area (Å²) < 4.78 is 30.1. The summed E-state index contributed by atoms with van der Waals surface area (Å²) in [5.74, 6) is 0.497. The normalized spacial score (nSPS) is 11.9. The molecular weight excluding hydrogens is 369 g/mol.